The smallest absolute Gasteiger partial charge is 0.345 e. The molecule has 0 N–H and O–H groups in total. The summed E-state index contributed by atoms with van der Waals surface area (Å²) in [5.41, 5.74) is -0.00309. The summed E-state index contributed by atoms with van der Waals surface area (Å²) in [4.78, 5) is 26.9. The fraction of sp³-hybridized carbons (Fsp3) is 0.571. The fourth-order valence-corrected chi connectivity index (χ4v) is 4.42. The summed E-state index contributed by atoms with van der Waals surface area (Å²) in [5.74, 6) is 1.86. The first-order valence-corrected chi connectivity index (χ1v) is 10.2. The third kappa shape index (κ3) is 3.84. The molecule has 2 aliphatic rings. The maximum absolute atomic E-state index is 12.6. The molecular formula is C21H28N4O3. The van der Waals surface area contributed by atoms with Gasteiger partial charge in [-0.2, -0.15) is 5.10 Å². The third-order valence-corrected chi connectivity index (χ3v) is 5.99. The second-order valence-corrected chi connectivity index (χ2v) is 7.83. The average Bonchev–Trinajstić information content (AvgIpc) is 3.35. The topological polar surface area (TPSA) is 69.4 Å². The molecule has 7 nitrogen and oxygen atoms in total. The number of ether oxygens (including phenoxy) is 1. The molecule has 1 aliphatic heterocycles. The normalized spacial score (nSPS) is 18.5. The first-order valence-electron chi connectivity index (χ1n) is 10.2. The monoisotopic (exact) mass is 384 g/mol. The summed E-state index contributed by atoms with van der Waals surface area (Å²) in [7, 11) is 1.73. The molecular weight excluding hydrogens is 356 g/mol. The van der Waals surface area contributed by atoms with Gasteiger partial charge in [0.15, 0.2) is 6.61 Å². The lowest BCUT2D eigenvalue weighted by Gasteiger charge is -2.32. The number of piperidine rings is 1. The van der Waals surface area contributed by atoms with Gasteiger partial charge in [-0.3, -0.25) is 9.36 Å². The van der Waals surface area contributed by atoms with E-state index in [4.69, 9.17) is 4.74 Å². The van der Waals surface area contributed by atoms with Crippen LogP contribution in [-0.4, -0.2) is 44.9 Å². The number of carbonyl (C=O) groups is 1. The summed E-state index contributed by atoms with van der Waals surface area (Å²) in [6.07, 6.45) is 6.15. The number of rotatable bonds is 5. The van der Waals surface area contributed by atoms with E-state index in [2.05, 4.69) is 5.10 Å². The molecule has 2 fully saturated rings. The van der Waals surface area contributed by atoms with Crippen LogP contribution in [0.5, 0.6) is 5.75 Å². The highest BCUT2D eigenvalue weighted by Crippen LogP contribution is 2.33. The van der Waals surface area contributed by atoms with Gasteiger partial charge in [0.1, 0.15) is 11.6 Å². The summed E-state index contributed by atoms with van der Waals surface area (Å²) in [6, 6.07) is 9.69. The molecule has 0 spiro atoms. The second kappa shape index (κ2) is 8.20. The van der Waals surface area contributed by atoms with Crippen LogP contribution in [0.25, 0.3) is 0 Å². The second-order valence-electron chi connectivity index (χ2n) is 7.83. The van der Waals surface area contributed by atoms with Gasteiger partial charge in [0.25, 0.3) is 5.91 Å². The Hall–Kier alpha value is -2.57. The van der Waals surface area contributed by atoms with Crippen molar-refractivity contribution in [2.75, 3.05) is 19.7 Å². The van der Waals surface area contributed by atoms with Crippen LogP contribution in [0.3, 0.4) is 0 Å². The van der Waals surface area contributed by atoms with Crippen LogP contribution in [0.2, 0.25) is 0 Å². The number of aromatic nitrogens is 3. The van der Waals surface area contributed by atoms with E-state index in [9.17, 15) is 9.59 Å². The van der Waals surface area contributed by atoms with Gasteiger partial charge in [-0.1, -0.05) is 31.0 Å². The SMILES string of the molecule is Cn1nc(C2CCN(C(=O)COc3ccccc3)CC2)n(C2CCCC2)c1=O. The summed E-state index contributed by atoms with van der Waals surface area (Å²) >= 11 is 0. The Morgan fingerprint density at radius 3 is 2.46 bits per heavy atom. The molecule has 4 rings (SSSR count). The van der Waals surface area contributed by atoms with Gasteiger partial charge in [-0.15, -0.1) is 0 Å². The Kier molecular flexibility index (Phi) is 5.50. The summed E-state index contributed by atoms with van der Waals surface area (Å²) < 4.78 is 9.00. The van der Waals surface area contributed by atoms with Crippen LogP contribution < -0.4 is 10.4 Å². The van der Waals surface area contributed by atoms with Crippen LogP contribution in [0, 0.1) is 0 Å². The van der Waals surface area contributed by atoms with E-state index < -0.39 is 0 Å². The molecule has 150 valence electrons. The van der Waals surface area contributed by atoms with Crippen LogP contribution >= 0.6 is 0 Å². The van der Waals surface area contributed by atoms with Crippen molar-refractivity contribution >= 4 is 5.91 Å². The van der Waals surface area contributed by atoms with Crippen LogP contribution in [-0.2, 0) is 11.8 Å². The van der Waals surface area contributed by atoms with Gasteiger partial charge in [0.2, 0.25) is 0 Å². The van der Waals surface area contributed by atoms with E-state index in [1.165, 1.54) is 17.5 Å². The average molecular weight is 384 g/mol. The Labute approximate surface area is 164 Å². The lowest BCUT2D eigenvalue weighted by atomic mass is 9.95. The van der Waals surface area contributed by atoms with Crippen molar-refractivity contribution in [1.29, 1.82) is 0 Å². The van der Waals surface area contributed by atoms with Crippen molar-refractivity contribution in [3.05, 3.63) is 46.6 Å². The first kappa shape index (κ1) is 18.8. The Morgan fingerprint density at radius 1 is 1.11 bits per heavy atom. The molecule has 2 heterocycles. The molecule has 0 radical (unpaired) electrons. The van der Waals surface area contributed by atoms with Crippen molar-refractivity contribution in [2.24, 2.45) is 7.05 Å². The molecule has 1 aliphatic carbocycles. The number of amides is 1. The minimum atomic E-state index is -0.00309. The third-order valence-electron chi connectivity index (χ3n) is 5.99. The fourth-order valence-electron chi connectivity index (χ4n) is 4.42. The number of benzene rings is 1. The van der Waals surface area contributed by atoms with Gasteiger partial charge >= 0.3 is 5.69 Å². The predicted molar refractivity (Wildman–Crippen MR) is 105 cm³/mol. The van der Waals surface area contributed by atoms with E-state index in [0.29, 0.717) is 18.8 Å². The van der Waals surface area contributed by atoms with E-state index >= 15 is 0 Å². The molecule has 0 bridgehead atoms. The van der Waals surface area contributed by atoms with Crippen molar-refractivity contribution in [1.82, 2.24) is 19.2 Å². The van der Waals surface area contributed by atoms with Gasteiger partial charge < -0.3 is 9.64 Å². The number of hydrogen-bond donors (Lipinski definition) is 0. The molecule has 1 saturated carbocycles. The molecule has 28 heavy (non-hydrogen) atoms. The zero-order chi connectivity index (χ0) is 19.5. The van der Waals surface area contributed by atoms with Crippen molar-refractivity contribution in [3.8, 4) is 5.75 Å². The number of carbonyl (C=O) groups excluding carboxylic acids is 1. The lowest BCUT2D eigenvalue weighted by molar-refractivity contribution is -0.134. The minimum absolute atomic E-state index is 0.00309. The predicted octanol–water partition coefficient (Wildman–Crippen LogP) is 2.48. The first-order chi connectivity index (χ1) is 13.6. The molecule has 1 aromatic carbocycles. The van der Waals surface area contributed by atoms with Gasteiger partial charge in [-0.25, -0.2) is 9.48 Å². The van der Waals surface area contributed by atoms with Gasteiger partial charge in [-0.05, 0) is 37.8 Å². The van der Waals surface area contributed by atoms with Gasteiger partial charge in [0, 0.05) is 32.1 Å². The Balaban J connectivity index is 1.37. The minimum Gasteiger partial charge on any atom is -0.484 e. The van der Waals surface area contributed by atoms with E-state index in [-0.39, 0.29) is 30.2 Å². The van der Waals surface area contributed by atoms with Crippen LogP contribution in [0.1, 0.15) is 56.3 Å². The number of likely N-dealkylation sites (tertiary alicyclic amines) is 1. The Bertz CT molecular complexity index is 860. The largest absolute Gasteiger partial charge is 0.484 e. The van der Waals surface area contributed by atoms with E-state index in [1.807, 2.05) is 39.8 Å². The standard InChI is InChI=1S/C21H28N4O3/c1-23-21(27)25(17-7-5-6-8-17)20(22-23)16-11-13-24(14-12-16)19(26)15-28-18-9-3-2-4-10-18/h2-4,9-10,16-17H,5-8,11-15H2,1H3. The van der Waals surface area contributed by atoms with Gasteiger partial charge in [0.05, 0.1) is 0 Å². The molecule has 1 aromatic heterocycles. The molecule has 2 aromatic rings. The highest BCUT2D eigenvalue weighted by Gasteiger charge is 2.31. The van der Waals surface area contributed by atoms with Crippen LogP contribution in [0.4, 0.5) is 0 Å². The zero-order valence-corrected chi connectivity index (χ0v) is 16.4. The summed E-state index contributed by atoms with van der Waals surface area (Å²) in [5, 5.41) is 4.56. The highest BCUT2D eigenvalue weighted by atomic mass is 16.5. The molecule has 1 saturated heterocycles. The van der Waals surface area contributed by atoms with E-state index in [0.717, 1.165) is 31.5 Å². The number of nitrogens with zero attached hydrogens (tertiary/aromatic N) is 4. The molecule has 0 atom stereocenters. The number of para-hydroxylation sites is 1. The molecule has 0 unspecified atom stereocenters. The number of aryl methyl sites for hydroxylation is 1. The zero-order valence-electron chi connectivity index (χ0n) is 16.4. The molecule has 7 heteroatoms. The number of hydrogen-bond acceptors (Lipinski definition) is 4. The van der Waals surface area contributed by atoms with Crippen molar-refractivity contribution < 1.29 is 9.53 Å². The maximum Gasteiger partial charge on any atom is 0.345 e. The summed E-state index contributed by atoms with van der Waals surface area (Å²) in [6.45, 7) is 1.42. The Morgan fingerprint density at radius 2 is 1.79 bits per heavy atom. The maximum atomic E-state index is 12.6. The molecule has 1 amide bonds. The lowest BCUT2D eigenvalue weighted by Crippen LogP contribution is -2.41. The van der Waals surface area contributed by atoms with Crippen LogP contribution in [0.15, 0.2) is 35.1 Å². The van der Waals surface area contributed by atoms with Crippen molar-refractivity contribution in [2.45, 2.75) is 50.5 Å². The van der Waals surface area contributed by atoms with E-state index in [1.54, 1.807) is 7.05 Å². The highest BCUT2D eigenvalue weighted by molar-refractivity contribution is 5.77. The quantitative estimate of drug-likeness (QED) is 0.794. The van der Waals surface area contributed by atoms with Crippen molar-refractivity contribution in [3.63, 3.8) is 0 Å².